The van der Waals surface area contributed by atoms with Crippen LogP contribution in [0.3, 0.4) is 0 Å². The molecule has 0 aliphatic rings. The van der Waals surface area contributed by atoms with Crippen LogP contribution in [0.25, 0.3) is 0 Å². The molecule has 0 spiro atoms. The predicted octanol–water partition coefficient (Wildman–Crippen LogP) is 22.9. The molecule has 0 aliphatic carbocycles. The summed E-state index contributed by atoms with van der Waals surface area (Å²) in [5, 5.41) is 10.6. The minimum Gasteiger partial charge on any atom is -0.462 e. The maximum atomic E-state index is 13.1. The predicted molar refractivity (Wildman–Crippen MR) is 418 cm³/mol. The van der Waals surface area contributed by atoms with Gasteiger partial charge >= 0.3 is 39.5 Å². The molecule has 5 unspecified atom stereocenters. The van der Waals surface area contributed by atoms with Crippen LogP contribution in [0.4, 0.5) is 0 Å². The Hall–Kier alpha value is -4.80. The van der Waals surface area contributed by atoms with Gasteiger partial charge < -0.3 is 33.8 Å². The Morgan fingerprint density at radius 2 is 0.539 bits per heavy atom. The SMILES string of the molecule is CC/C=C\C/C=C\C/C=C\C/C=C\C/C=C\C/C=C\CCC(=O)OCC(COP(=O)(O)OCC(O)COP(=O)(O)OCC(COC(=O)CCCCCCCCC/C=C\C/C=C\C/C=C\CC)OC(=O)CCCCCCC/C=C\CCCCCCCC)OC(=O)CCCCCCC/C=C\CCCC. The highest BCUT2D eigenvalue weighted by Crippen LogP contribution is 2.45. The van der Waals surface area contributed by atoms with E-state index in [1.54, 1.807) is 0 Å². The number of rotatable bonds is 73. The zero-order valence-electron chi connectivity index (χ0n) is 63.7. The van der Waals surface area contributed by atoms with E-state index in [-0.39, 0.29) is 25.7 Å². The lowest BCUT2D eigenvalue weighted by molar-refractivity contribution is -0.161. The summed E-state index contributed by atoms with van der Waals surface area (Å²) in [5.74, 6) is -2.30. The maximum absolute atomic E-state index is 13.1. The fourth-order valence-electron chi connectivity index (χ4n) is 10.1. The van der Waals surface area contributed by atoms with Crippen molar-refractivity contribution in [3.05, 3.63) is 134 Å². The number of aliphatic hydroxyl groups excluding tert-OH is 1. The molecule has 0 heterocycles. The number of phosphoric ester groups is 2. The van der Waals surface area contributed by atoms with E-state index in [0.29, 0.717) is 32.1 Å². The second-order valence-corrected chi connectivity index (χ2v) is 28.8. The van der Waals surface area contributed by atoms with Crippen molar-refractivity contribution in [1.82, 2.24) is 0 Å². The van der Waals surface area contributed by atoms with Gasteiger partial charge in [-0.25, -0.2) is 9.13 Å². The zero-order chi connectivity index (χ0) is 74.6. The fraction of sp³-hybridized carbons (Fsp3) is 0.687. The van der Waals surface area contributed by atoms with Crippen LogP contribution in [0, 0.1) is 0 Å². The smallest absolute Gasteiger partial charge is 0.462 e. The summed E-state index contributed by atoms with van der Waals surface area (Å²) in [6, 6.07) is 0. The van der Waals surface area contributed by atoms with E-state index in [9.17, 15) is 43.2 Å². The van der Waals surface area contributed by atoms with E-state index < -0.39 is 97.5 Å². The van der Waals surface area contributed by atoms with Crippen LogP contribution >= 0.6 is 15.6 Å². The first-order valence-electron chi connectivity index (χ1n) is 39.4. The molecular weight excluding hydrogens is 1330 g/mol. The van der Waals surface area contributed by atoms with Gasteiger partial charge in [-0.2, -0.15) is 0 Å². The van der Waals surface area contributed by atoms with Gasteiger partial charge in [0.2, 0.25) is 0 Å². The van der Waals surface area contributed by atoms with Gasteiger partial charge in [-0.1, -0.05) is 277 Å². The largest absolute Gasteiger partial charge is 0.472 e. The van der Waals surface area contributed by atoms with Crippen molar-refractivity contribution in [3.8, 4) is 0 Å². The van der Waals surface area contributed by atoms with Crippen LogP contribution in [0.5, 0.6) is 0 Å². The lowest BCUT2D eigenvalue weighted by Crippen LogP contribution is -2.30. The molecule has 584 valence electrons. The van der Waals surface area contributed by atoms with Crippen molar-refractivity contribution in [2.45, 2.75) is 329 Å². The summed E-state index contributed by atoms with van der Waals surface area (Å²) in [5.41, 5.74) is 0. The average molecular weight is 1470 g/mol. The summed E-state index contributed by atoms with van der Waals surface area (Å²) >= 11 is 0. The summed E-state index contributed by atoms with van der Waals surface area (Å²) in [4.78, 5) is 72.9. The van der Waals surface area contributed by atoms with E-state index >= 15 is 0 Å². The molecule has 0 saturated heterocycles. The van der Waals surface area contributed by atoms with E-state index in [0.717, 1.165) is 173 Å². The van der Waals surface area contributed by atoms with E-state index in [1.165, 1.54) is 51.4 Å². The monoisotopic (exact) mass is 1470 g/mol. The van der Waals surface area contributed by atoms with Crippen molar-refractivity contribution in [3.63, 3.8) is 0 Å². The highest BCUT2D eigenvalue weighted by molar-refractivity contribution is 7.47. The lowest BCUT2D eigenvalue weighted by Gasteiger charge is -2.21. The highest BCUT2D eigenvalue weighted by Gasteiger charge is 2.30. The third kappa shape index (κ3) is 73.5. The van der Waals surface area contributed by atoms with Gasteiger partial charge in [0, 0.05) is 25.7 Å². The van der Waals surface area contributed by atoms with Crippen LogP contribution in [-0.2, 0) is 65.4 Å². The molecule has 0 fully saturated rings. The van der Waals surface area contributed by atoms with E-state index in [2.05, 4.69) is 143 Å². The summed E-state index contributed by atoms with van der Waals surface area (Å²) in [6.45, 7) is 4.50. The molecule has 0 saturated carbocycles. The van der Waals surface area contributed by atoms with Crippen LogP contribution < -0.4 is 0 Å². The number of carbonyl (C=O) groups is 4. The molecule has 0 aromatic heterocycles. The summed E-state index contributed by atoms with van der Waals surface area (Å²) in [6.07, 6.45) is 83.1. The Balaban J connectivity index is 5.39. The quantitative estimate of drug-likeness (QED) is 0.0169. The minimum absolute atomic E-state index is 0.0320. The number of aliphatic hydroxyl groups is 1. The standard InChI is InChI=1S/C83H140O17P2/c1-5-9-13-17-21-25-29-32-35-37-38-40-43-45-49-52-56-60-64-68-80(85)93-73-78(99-82(87)69-65-61-57-53-47-28-24-20-16-12-8-4)75-97-101(89,90)95-71-77(84)72-96-102(91,92)98-76-79(100-83(88)70-66-62-58-54-50-46-41-34-31-27-23-19-15-11-7-3)74-94-81(86)67-63-59-55-51-48-44-42-39-36-33-30-26-22-18-14-10-6-2/h9-10,13-14,20-22,24-26,32-36,38,40-41,45,49,56,60,77-79,84H,5-8,11-12,15-19,23,27-31,37,39,42-44,46-48,50-55,57-59,61-76H2,1-4H3,(H,89,90)(H,91,92)/b13-9-,14-10-,24-20-,25-21-,26-22-,35-32-,36-33-,40-38-,41-34-,49-45-,60-56-. The number of unbranched alkanes of at least 4 members (excludes halogenated alkanes) is 25. The van der Waals surface area contributed by atoms with Crippen molar-refractivity contribution < 1.29 is 80.2 Å². The molecule has 0 aromatic rings. The molecule has 0 amide bonds. The number of carbonyl (C=O) groups excluding carboxylic acids is 4. The number of hydrogen-bond donors (Lipinski definition) is 3. The van der Waals surface area contributed by atoms with E-state index in [1.807, 2.05) is 18.2 Å². The molecule has 0 rings (SSSR count). The molecule has 3 N–H and O–H groups in total. The van der Waals surface area contributed by atoms with Crippen molar-refractivity contribution in [2.75, 3.05) is 39.6 Å². The molecule has 0 bridgehead atoms. The molecule has 102 heavy (non-hydrogen) atoms. The van der Waals surface area contributed by atoms with Crippen molar-refractivity contribution in [2.24, 2.45) is 0 Å². The van der Waals surface area contributed by atoms with Crippen LogP contribution in [0.1, 0.15) is 310 Å². The number of phosphoric acid groups is 2. The van der Waals surface area contributed by atoms with Gasteiger partial charge in [0.05, 0.1) is 26.4 Å². The first-order valence-corrected chi connectivity index (χ1v) is 42.4. The number of hydrogen-bond acceptors (Lipinski definition) is 15. The second kappa shape index (κ2) is 74.5. The average Bonchev–Trinajstić information content (AvgIpc) is 0.926. The van der Waals surface area contributed by atoms with Gasteiger partial charge in [0.1, 0.15) is 19.3 Å². The van der Waals surface area contributed by atoms with E-state index in [4.69, 9.17) is 37.0 Å². The molecule has 5 atom stereocenters. The zero-order valence-corrected chi connectivity index (χ0v) is 65.5. The summed E-state index contributed by atoms with van der Waals surface area (Å²) < 4.78 is 68.4. The second-order valence-electron chi connectivity index (χ2n) is 25.9. The number of ether oxygens (including phenoxy) is 4. The molecule has 19 heteroatoms. The van der Waals surface area contributed by atoms with Gasteiger partial charge in [-0.15, -0.1) is 0 Å². The summed E-state index contributed by atoms with van der Waals surface area (Å²) in [7, 11) is -9.98. The Bertz CT molecular complexity index is 2460. The Labute approximate surface area is 618 Å². The molecular formula is C83H140O17P2. The molecule has 0 radical (unpaired) electrons. The third-order valence-corrected chi connectivity index (χ3v) is 18.0. The number of esters is 4. The molecule has 17 nitrogen and oxygen atoms in total. The van der Waals surface area contributed by atoms with Crippen molar-refractivity contribution in [1.29, 1.82) is 0 Å². The van der Waals surface area contributed by atoms with Gasteiger partial charge in [0.15, 0.2) is 12.2 Å². The Kier molecular flexibility index (Phi) is 71.0. The number of allylic oxidation sites excluding steroid dienone is 22. The Morgan fingerprint density at radius 3 is 0.882 bits per heavy atom. The van der Waals surface area contributed by atoms with Crippen LogP contribution in [-0.4, -0.2) is 96.7 Å². The molecule has 0 aliphatic heterocycles. The van der Waals surface area contributed by atoms with Crippen molar-refractivity contribution >= 4 is 39.5 Å². The topological polar surface area (TPSA) is 237 Å². The fourth-order valence-corrected chi connectivity index (χ4v) is 11.7. The van der Waals surface area contributed by atoms with Gasteiger partial charge in [-0.3, -0.25) is 37.3 Å². The van der Waals surface area contributed by atoms with Crippen LogP contribution in [0.2, 0.25) is 0 Å². The first kappa shape index (κ1) is 97.2. The Morgan fingerprint density at radius 1 is 0.284 bits per heavy atom. The first-order chi connectivity index (χ1) is 49.7. The highest BCUT2D eigenvalue weighted by atomic mass is 31.2. The van der Waals surface area contributed by atoms with Gasteiger partial charge in [0.25, 0.3) is 0 Å². The maximum Gasteiger partial charge on any atom is 0.472 e. The van der Waals surface area contributed by atoms with Gasteiger partial charge in [-0.05, 0) is 141 Å². The molecule has 0 aromatic carbocycles. The normalized spacial score (nSPS) is 14.6. The minimum atomic E-state index is -4.99. The lowest BCUT2D eigenvalue weighted by atomic mass is 10.1. The van der Waals surface area contributed by atoms with Crippen LogP contribution in [0.15, 0.2) is 134 Å². The third-order valence-electron chi connectivity index (χ3n) is 16.1.